The lowest BCUT2D eigenvalue weighted by Gasteiger charge is -2.25. The summed E-state index contributed by atoms with van der Waals surface area (Å²) in [5, 5.41) is 2.56. The molecular weight excluding hydrogens is 701 g/mol. The molecule has 2 heteroatoms. The normalized spacial score (nSPS) is 14.1. The van der Waals surface area contributed by atoms with Crippen LogP contribution in [0.3, 0.4) is 0 Å². The van der Waals surface area contributed by atoms with Crippen molar-refractivity contribution in [3.8, 4) is 78.4 Å². The monoisotopic (exact) mass is 742 g/mol. The number of hydrogen-bond acceptors (Lipinski definition) is 2. The summed E-state index contributed by atoms with van der Waals surface area (Å²) >= 11 is 0. The third-order valence-corrected chi connectivity index (χ3v) is 12.9. The Labute approximate surface area is 340 Å². The minimum absolute atomic E-state index is 0.0916. The summed E-state index contributed by atoms with van der Waals surface area (Å²) in [6.07, 6.45) is 0. The lowest BCUT2D eigenvalue weighted by Crippen LogP contribution is -2.16. The molecule has 0 aliphatic heterocycles. The highest BCUT2D eigenvalue weighted by atomic mass is 14.9. The van der Waals surface area contributed by atoms with Crippen molar-refractivity contribution >= 4 is 10.8 Å². The maximum Gasteiger partial charge on any atom is 0.160 e. The van der Waals surface area contributed by atoms with Crippen molar-refractivity contribution in [2.45, 2.75) is 38.5 Å². The molecule has 0 bridgehead atoms. The molecule has 11 rings (SSSR count). The van der Waals surface area contributed by atoms with E-state index in [1.807, 2.05) is 6.07 Å². The fraction of sp³-hybridized carbons (Fsp3) is 0.107. The van der Waals surface area contributed by atoms with Crippen molar-refractivity contribution in [1.82, 2.24) is 9.97 Å². The maximum absolute atomic E-state index is 5.30. The Bertz CT molecular complexity index is 3100. The Balaban J connectivity index is 1.04. The van der Waals surface area contributed by atoms with Gasteiger partial charge in [-0.25, -0.2) is 9.97 Å². The molecule has 0 spiro atoms. The van der Waals surface area contributed by atoms with Gasteiger partial charge in [-0.05, 0) is 95.7 Å². The molecule has 276 valence electrons. The minimum atomic E-state index is -0.145. The SMILES string of the molecule is CC1(C)c2cc3ccccc3cc2-c2c(-c3ccc(-c4cc(-c5ccccc5-c5cccc6c5C(C)(C)c5ccccc5-6)nc(-c5ccccc5)n4)cc3)cccc21. The van der Waals surface area contributed by atoms with E-state index in [0.717, 1.165) is 28.1 Å². The van der Waals surface area contributed by atoms with Gasteiger partial charge in [-0.2, -0.15) is 0 Å². The fourth-order valence-electron chi connectivity index (χ4n) is 10.00. The van der Waals surface area contributed by atoms with Crippen LogP contribution < -0.4 is 0 Å². The highest BCUT2D eigenvalue weighted by molar-refractivity contribution is 5.99. The van der Waals surface area contributed by atoms with Crippen LogP contribution in [-0.2, 0) is 10.8 Å². The van der Waals surface area contributed by atoms with Gasteiger partial charge < -0.3 is 0 Å². The third kappa shape index (κ3) is 5.18. The smallest absolute Gasteiger partial charge is 0.160 e. The van der Waals surface area contributed by atoms with Gasteiger partial charge in [-0.1, -0.05) is 191 Å². The van der Waals surface area contributed by atoms with Crippen LogP contribution in [0.5, 0.6) is 0 Å². The van der Waals surface area contributed by atoms with E-state index in [4.69, 9.17) is 9.97 Å². The van der Waals surface area contributed by atoms with E-state index in [1.165, 1.54) is 77.5 Å². The Hall–Kier alpha value is -6.90. The van der Waals surface area contributed by atoms with Crippen LogP contribution in [0.4, 0.5) is 0 Å². The first-order valence-corrected chi connectivity index (χ1v) is 20.3. The average molecular weight is 743 g/mol. The van der Waals surface area contributed by atoms with Crippen LogP contribution in [0.15, 0.2) is 182 Å². The van der Waals surface area contributed by atoms with Gasteiger partial charge in [0.1, 0.15) is 0 Å². The van der Waals surface area contributed by atoms with Crippen LogP contribution in [0.2, 0.25) is 0 Å². The summed E-state index contributed by atoms with van der Waals surface area (Å²) in [6.45, 7) is 9.43. The van der Waals surface area contributed by atoms with Crippen LogP contribution in [-0.4, -0.2) is 9.97 Å². The fourth-order valence-corrected chi connectivity index (χ4v) is 10.00. The van der Waals surface area contributed by atoms with E-state index >= 15 is 0 Å². The number of hydrogen-bond donors (Lipinski definition) is 0. The predicted molar refractivity (Wildman–Crippen MR) is 242 cm³/mol. The van der Waals surface area contributed by atoms with Crippen molar-refractivity contribution in [3.05, 3.63) is 204 Å². The Morgan fingerprint density at radius 2 is 0.879 bits per heavy atom. The van der Waals surface area contributed by atoms with Gasteiger partial charge in [0.05, 0.1) is 11.4 Å². The van der Waals surface area contributed by atoms with E-state index in [0.29, 0.717) is 5.82 Å². The zero-order chi connectivity index (χ0) is 39.2. The zero-order valence-corrected chi connectivity index (χ0v) is 33.2. The summed E-state index contributed by atoms with van der Waals surface area (Å²) in [6, 6.07) is 66.2. The van der Waals surface area contributed by atoms with Gasteiger partial charge in [0, 0.05) is 27.5 Å². The van der Waals surface area contributed by atoms with Gasteiger partial charge in [0.15, 0.2) is 5.82 Å². The number of aromatic nitrogens is 2. The Kier molecular flexibility index (Phi) is 7.59. The van der Waals surface area contributed by atoms with Crippen LogP contribution >= 0.6 is 0 Å². The number of benzene rings is 8. The Morgan fingerprint density at radius 1 is 0.328 bits per heavy atom. The van der Waals surface area contributed by atoms with Crippen LogP contribution in [0, 0.1) is 0 Å². The number of nitrogens with zero attached hydrogens (tertiary/aromatic N) is 2. The molecule has 2 aliphatic carbocycles. The molecule has 1 heterocycles. The first-order chi connectivity index (χ1) is 28.3. The molecule has 2 aliphatic rings. The molecule has 9 aromatic rings. The molecule has 1 aromatic heterocycles. The number of fused-ring (bicyclic) bond motifs is 7. The summed E-state index contributed by atoms with van der Waals surface area (Å²) in [5.41, 5.74) is 20.4. The second-order valence-electron chi connectivity index (χ2n) is 16.9. The predicted octanol–water partition coefficient (Wildman–Crippen LogP) is 14.6. The highest BCUT2D eigenvalue weighted by Gasteiger charge is 2.38. The van der Waals surface area contributed by atoms with Gasteiger partial charge in [-0.15, -0.1) is 0 Å². The second-order valence-corrected chi connectivity index (χ2v) is 16.9. The lowest BCUT2D eigenvalue weighted by molar-refractivity contribution is 0.661. The van der Waals surface area contributed by atoms with Crippen molar-refractivity contribution in [2.24, 2.45) is 0 Å². The van der Waals surface area contributed by atoms with Gasteiger partial charge in [-0.3, -0.25) is 0 Å². The molecular formula is C56H42N2. The van der Waals surface area contributed by atoms with E-state index in [-0.39, 0.29) is 10.8 Å². The van der Waals surface area contributed by atoms with Gasteiger partial charge >= 0.3 is 0 Å². The average Bonchev–Trinajstić information content (AvgIpc) is 3.65. The summed E-state index contributed by atoms with van der Waals surface area (Å²) in [7, 11) is 0. The molecule has 8 aromatic carbocycles. The molecule has 58 heavy (non-hydrogen) atoms. The first-order valence-electron chi connectivity index (χ1n) is 20.3. The lowest BCUT2D eigenvalue weighted by atomic mass is 9.78. The molecule has 0 unspecified atom stereocenters. The van der Waals surface area contributed by atoms with Crippen molar-refractivity contribution in [1.29, 1.82) is 0 Å². The molecule has 0 saturated carbocycles. The number of rotatable bonds is 5. The van der Waals surface area contributed by atoms with Crippen molar-refractivity contribution in [2.75, 3.05) is 0 Å². The molecule has 0 fully saturated rings. The standard InChI is InChI=1S/C56H42N2/c1-55(2)48-27-15-23-40(52(48)46-32-38-18-8-9-19-39(38)33-49(46)55)35-28-30-36(31-29-35)50-34-51(58-54(57-50)37-16-6-5-7-17-37)43-22-11-10-20-41(43)44-24-14-25-45-42-21-12-13-26-47(42)56(3,4)53(44)45/h5-34H,1-4H3. The quantitative estimate of drug-likeness (QED) is 0.175. The van der Waals surface area contributed by atoms with Crippen LogP contribution in [0.1, 0.15) is 49.9 Å². The van der Waals surface area contributed by atoms with Crippen molar-refractivity contribution < 1.29 is 0 Å². The molecule has 0 N–H and O–H groups in total. The van der Waals surface area contributed by atoms with E-state index < -0.39 is 0 Å². The largest absolute Gasteiger partial charge is 0.228 e. The molecule has 0 saturated heterocycles. The molecule has 0 atom stereocenters. The summed E-state index contributed by atoms with van der Waals surface area (Å²) in [5.74, 6) is 0.713. The Morgan fingerprint density at radius 3 is 1.66 bits per heavy atom. The van der Waals surface area contributed by atoms with E-state index in [9.17, 15) is 0 Å². The van der Waals surface area contributed by atoms with E-state index in [2.05, 4.69) is 204 Å². The van der Waals surface area contributed by atoms with Crippen molar-refractivity contribution in [3.63, 3.8) is 0 Å². The summed E-state index contributed by atoms with van der Waals surface area (Å²) < 4.78 is 0. The second kappa shape index (κ2) is 12.8. The molecule has 0 amide bonds. The zero-order valence-electron chi connectivity index (χ0n) is 33.2. The topological polar surface area (TPSA) is 25.8 Å². The van der Waals surface area contributed by atoms with Gasteiger partial charge in [0.2, 0.25) is 0 Å². The third-order valence-electron chi connectivity index (χ3n) is 12.9. The van der Waals surface area contributed by atoms with Gasteiger partial charge in [0.25, 0.3) is 0 Å². The van der Waals surface area contributed by atoms with E-state index in [1.54, 1.807) is 0 Å². The summed E-state index contributed by atoms with van der Waals surface area (Å²) in [4.78, 5) is 10.5. The first kappa shape index (κ1) is 34.4. The maximum atomic E-state index is 5.30. The molecule has 2 nitrogen and oxygen atoms in total. The highest BCUT2D eigenvalue weighted by Crippen LogP contribution is 2.54. The van der Waals surface area contributed by atoms with Crippen LogP contribution in [0.25, 0.3) is 89.2 Å². The minimum Gasteiger partial charge on any atom is -0.228 e. The molecule has 0 radical (unpaired) electrons.